The molecule has 2 N–H and O–H groups in total. The van der Waals surface area contributed by atoms with Crippen molar-refractivity contribution in [1.29, 1.82) is 0 Å². The van der Waals surface area contributed by atoms with E-state index in [1.807, 2.05) is 11.4 Å². The molecule has 26 heavy (non-hydrogen) atoms. The maximum absolute atomic E-state index is 12.1. The van der Waals surface area contributed by atoms with E-state index in [2.05, 4.69) is 10.3 Å². The summed E-state index contributed by atoms with van der Waals surface area (Å²) in [5, 5.41) is 4.79. The summed E-state index contributed by atoms with van der Waals surface area (Å²) in [5.41, 5.74) is 0.654. The number of benzene rings is 1. The third-order valence-corrected chi connectivity index (χ3v) is 4.36. The number of rotatable bonds is 4. The predicted molar refractivity (Wildman–Crippen MR) is 101 cm³/mol. The van der Waals surface area contributed by atoms with Crippen molar-refractivity contribution < 1.29 is 19.1 Å². The lowest BCUT2D eigenvalue weighted by Gasteiger charge is -2.10. The van der Waals surface area contributed by atoms with Crippen molar-refractivity contribution in [2.24, 2.45) is 0 Å². The largest absolute Gasteiger partial charge is 0.461 e. The normalized spacial score (nSPS) is 10.9. The van der Waals surface area contributed by atoms with Crippen LogP contribution in [0.3, 0.4) is 0 Å². The number of halogens is 3. The minimum absolute atomic E-state index is 0.0906. The number of aromatic nitrogens is 1. The fourth-order valence-electron chi connectivity index (χ4n) is 1.76. The fourth-order valence-corrected chi connectivity index (χ4v) is 2.85. The molecule has 2 aromatic rings. The standard InChI is InChI=1S/C15H12Cl3N3O4S/c1-2-25-12(22)9-11(20-14(24)21-13(23)15(16,17)18)26-10(19-9)8-6-4-3-5-7-8/h3-7H,2H2,1H3,(H2,20,21,23,24). The molecule has 138 valence electrons. The Balaban J connectivity index is 2.28. The van der Waals surface area contributed by atoms with Gasteiger partial charge in [0.05, 0.1) is 6.61 Å². The highest BCUT2D eigenvalue weighted by Crippen LogP contribution is 2.32. The van der Waals surface area contributed by atoms with E-state index in [1.54, 1.807) is 31.2 Å². The van der Waals surface area contributed by atoms with Gasteiger partial charge in [-0.25, -0.2) is 14.6 Å². The molecule has 3 amide bonds. The third kappa shape index (κ3) is 5.31. The molecule has 7 nitrogen and oxygen atoms in total. The van der Waals surface area contributed by atoms with E-state index in [1.165, 1.54) is 0 Å². The summed E-state index contributed by atoms with van der Waals surface area (Å²) in [6, 6.07) is 8.06. The van der Waals surface area contributed by atoms with Crippen molar-refractivity contribution in [1.82, 2.24) is 10.3 Å². The molecule has 0 radical (unpaired) electrons. The molecule has 0 saturated heterocycles. The second-order valence-electron chi connectivity index (χ2n) is 4.69. The minimum Gasteiger partial charge on any atom is -0.461 e. The summed E-state index contributed by atoms with van der Waals surface area (Å²) in [6.45, 7) is 1.77. The van der Waals surface area contributed by atoms with Crippen LogP contribution in [0.25, 0.3) is 10.6 Å². The quantitative estimate of drug-likeness (QED) is 0.557. The van der Waals surface area contributed by atoms with Crippen molar-refractivity contribution in [2.75, 3.05) is 11.9 Å². The van der Waals surface area contributed by atoms with Gasteiger partial charge in [-0.15, -0.1) is 0 Å². The van der Waals surface area contributed by atoms with Gasteiger partial charge in [0, 0.05) is 5.56 Å². The lowest BCUT2D eigenvalue weighted by molar-refractivity contribution is -0.119. The number of hydrogen-bond donors (Lipinski definition) is 2. The molecule has 0 saturated carbocycles. The maximum atomic E-state index is 12.1. The minimum atomic E-state index is -2.30. The molecule has 0 fully saturated rings. The van der Waals surface area contributed by atoms with Gasteiger partial charge >= 0.3 is 12.0 Å². The average Bonchev–Trinajstić information content (AvgIpc) is 2.98. The number of thiazole rings is 1. The molecule has 0 spiro atoms. The second-order valence-corrected chi connectivity index (χ2v) is 7.97. The van der Waals surface area contributed by atoms with Crippen molar-refractivity contribution >= 4 is 69.0 Å². The lowest BCUT2D eigenvalue weighted by Crippen LogP contribution is -2.41. The Morgan fingerprint density at radius 3 is 2.42 bits per heavy atom. The molecule has 1 aromatic carbocycles. The van der Waals surface area contributed by atoms with E-state index in [-0.39, 0.29) is 17.3 Å². The molecule has 0 aliphatic rings. The van der Waals surface area contributed by atoms with Crippen molar-refractivity contribution in [2.45, 2.75) is 10.7 Å². The molecule has 0 aliphatic carbocycles. The highest BCUT2D eigenvalue weighted by molar-refractivity contribution is 7.19. The Morgan fingerprint density at radius 2 is 1.85 bits per heavy atom. The monoisotopic (exact) mass is 435 g/mol. The van der Waals surface area contributed by atoms with Crippen molar-refractivity contribution in [3.63, 3.8) is 0 Å². The van der Waals surface area contributed by atoms with Crippen molar-refractivity contribution in [3.8, 4) is 10.6 Å². The summed E-state index contributed by atoms with van der Waals surface area (Å²) >= 11 is 17.2. The van der Waals surface area contributed by atoms with Crippen LogP contribution in [-0.4, -0.2) is 33.3 Å². The van der Waals surface area contributed by atoms with Crippen LogP contribution < -0.4 is 10.6 Å². The zero-order chi connectivity index (χ0) is 19.3. The van der Waals surface area contributed by atoms with Crippen LogP contribution in [0, 0.1) is 0 Å². The molecular formula is C15H12Cl3N3O4S. The SMILES string of the molecule is CCOC(=O)c1nc(-c2ccccc2)sc1NC(=O)NC(=O)C(Cl)(Cl)Cl. The van der Waals surface area contributed by atoms with Crippen LogP contribution in [0.2, 0.25) is 0 Å². The van der Waals surface area contributed by atoms with E-state index in [9.17, 15) is 14.4 Å². The summed E-state index contributed by atoms with van der Waals surface area (Å²) < 4.78 is 2.64. The first kappa shape index (κ1) is 20.4. The molecule has 11 heteroatoms. The van der Waals surface area contributed by atoms with E-state index in [0.717, 1.165) is 16.9 Å². The van der Waals surface area contributed by atoms with Crippen LogP contribution in [0.15, 0.2) is 30.3 Å². The molecule has 0 bridgehead atoms. The number of hydrogen-bond acceptors (Lipinski definition) is 6. The Morgan fingerprint density at radius 1 is 1.19 bits per heavy atom. The van der Waals surface area contributed by atoms with Crippen molar-refractivity contribution in [3.05, 3.63) is 36.0 Å². The van der Waals surface area contributed by atoms with Gasteiger partial charge in [-0.2, -0.15) is 0 Å². The number of amides is 3. The predicted octanol–water partition coefficient (Wildman–Crippen LogP) is 4.01. The molecule has 1 heterocycles. The van der Waals surface area contributed by atoms with Gasteiger partial charge < -0.3 is 4.74 Å². The smallest absolute Gasteiger partial charge is 0.360 e. The molecule has 2 rings (SSSR count). The number of alkyl halides is 3. The van der Waals surface area contributed by atoms with Gasteiger partial charge in [-0.05, 0) is 6.92 Å². The fraction of sp³-hybridized carbons (Fsp3) is 0.200. The number of imide groups is 1. The Kier molecular flexibility index (Phi) is 6.82. The highest BCUT2D eigenvalue weighted by Gasteiger charge is 2.32. The second kappa shape index (κ2) is 8.68. The number of nitrogens with zero attached hydrogens (tertiary/aromatic N) is 1. The van der Waals surface area contributed by atoms with Crippen LogP contribution in [0.5, 0.6) is 0 Å². The van der Waals surface area contributed by atoms with Gasteiger partial charge in [0.25, 0.3) is 9.70 Å². The number of urea groups is 1. The summed E-state index contributed by atoms with van der Waals surface area (Å²) in [7, 11) is 0. The maximum Gasteiger partial charge on any atom is 0.360 e. The number of ether oxygens (including phenoxy) is 1. The summed E-state index contributed by atoms with van der Waals surface area (Å²) in [4.78, 5) is 39.8. The third-order valence-electron chi connectivity index (χ3n) is 2.83. The average molecular weight is 437 g/mol. The summed E-state index contributed by atoms with van der Waals surface area (Å²) in [6.07, 6.45) is 0. The first-order valence-corrected chi connectivity index (χ1v) is 9.10. The Labute approximate surface area is 167 Å². The molecule has 1 aromatic heterocycles. The van der Waals surface area contributed by atoms with E-state index in [4.69, 9.17) is 39.5 Å². The van der Waals surface area contributed by atoms with Gasteiger partial charge in [0.2, 0.25) is 0 Å². The summed E-state index contributed by atoms with van der Waals surface area (Å²) in [5.74, 6) is -1.85. The van der Waals surface area contributed by atoms with Crippen LogP contribution in [0.1, 0.15) is 17.4 Å². The van der Waals surface area contributed by atoms with Gasteiger partial charge in [-0.3, -0.25) is 15.4 Å². The lowest BCUT2D eigenvalue weighted by atomic mass is 10.2. The zero-order valence-corrected chi connectivity index (χ0v) is 16.3. The molecular weight excluding hydrogens is 425 g/mol. The number of anilines is 1. The first-order valence-electron chi connectivity index (χ1n) is 7.15. The van der Waals surface area contributed by atoms with E-state index >= 15 is 0 Å². The molecule has 0 aliphatic heterocycles. The number of esters is 1. The Bertz CT molecular complexity index is 821. The zero-order valence-electron chi connectivity index (χ0n) is 13.2. The number of carbonyl (C=O) groups is 3. The van der Waals surface area contributed by atoms with E-state index < -0.39 is 21.7 Å². The van der Waals surface area contributed by atoms with Crippen LogP contribution in [-0.2, 0) is 9.53 Å². The van der Waals surface area contributed by atoms with Gasteiger partial charge in [-0.1, -0.05) is 76.5 Å². The van der Waals surface area contributed by atoms with Crippen LogP contribution >= 0.6 is 46.1 Å². The topological polar surface area (TPSA) is 97.4 Å². The molecule has 0 unspecified atom stereocenters. The Hall–Kier alpha value is -1.87. The highest BCUT2D eigenvalue weighted by atomic mass is 35.6. The van der Waals surface area contributed by atoms with E-state index in [0.29, 0.717) is 5.01 Å². The van der Waals surface area contributed by atoms with Gasteiger partial charge in [0.15, 0.2) is 5.69 Å². The first-order chi connectivity index (χ1) is 12.2. The number of nitrogens with one attached hydrogen (secondary N) is 2. The van der Waals surface area contributed by atoms with Gasteiger partial charge in [0.1, 0.15) is 10.0 Å². The van der Waals surface area contributed by atoms with Crippen LogP contribution in [0.4, 0.5) is 9.80 Å². The number of carbonyl (C=O) groups excluding carboxylic acids is 3. The molecule has 0 atom stereocenters.